The molecule has 0 bridgehead atoms. The van der Waals surface area contributed by atoms with Gasteiger partial charge in [-0.1, -0.05) is 18.2 Å². The monoisotopic (exact) mass is 418 g/mol. The Labute approximate surface area is 174 Å². The van der Waals surface area contributed by atoms with Crippen LogP contribution in [0.5, 0.6) is 0 Å². The Bertz CT molecular complexity index is 921. The van der Waals surface area contributed by atoms with Gasteiger partial charge in [0.15, 0.2) is 0 Å². The second-order valence-electron chi connectivity index (χ2n) is 7.91. The molecule has 1 fully saturated rings. The van der Waals surface area contributed by atoms with Crippen molar-refractivity contribution in [3.8, 4) is 0 Å². The summed E-state index contributed by atoms with van der Waals surface area (Å²) in [5.74, 6) is 0. The summed E-state index contributed by atoms with van der Waals surface area (Å²) in [5, 5.41) is 0. The van der Waals surface area contributed by atoms with Crippen LogP contribution < -0.4 is 14.5 Å². The van der Waals surface area contributed by atoms with E-state index in [9.17, 15) is 8.42 Å². The van der Waals surface area contributed by atoms with Gasteiger partial charge >= 0.3 is 0 Å². The molecule has 0 amide bonds. The molecule has 3 rings (SSSR count). The summed E-state index contributed by atoms with van der Waals surface area (Å²) >= 11 is 0. The summed E-state index contributed by atoms with van der Waals surface area (Å²) in [7, 11) is 0.457. The number of ether oxygens (including phenoxy) is 1. The van der Waals surface area contributed by atoms with Crippen molar-refractivity contribution in [3.05, 3.63) is 59.2 Å². The van der Waals surface area contributed by atoms with Gasteiger partial charge in [0.25, 0.3) is 0 Å². The van der Waals surface area contributed by atoms with Gasteiger partial charge in [-0.3, -0.25) is 0 Å². The molecule has 0 aromatic heterocycles. The minimum absolute atomic E-state index is 0.0384. The first-order chi connectivity index (χ1) is 13.8. The lowest BCUT2D eigenvalue weighted by atomic mass is 10.0. The van der Waals surface area contributed by atoms with Crippen LogP contribution in [0.15, 0.2) is 47.4 Å². The van der Waals surface area contributed by atoms with Crippen molar-refractivity contribution in [1.82, 2.24) is 4.72 Å². The van der Waals surface area contributed by atoms with Gasteiger partial charge in [0.1, 0.15) is 19.1 Å². The van der Waals surface area contributed by atoms with Crippen LogP contribution in [0.4, 0.5) is 5.69 Å². The Balaban J connectivity index is 1.81. The van der Waals surface area contributed by atoms with Gasteiger partial charge in [-0.25, -0.2) is 13.1 Å². The van der Waals surface area contributed by atoms with Crippen molar-refractivity contribution in [2.45, 2.75) is 24.8 Å². The highest BCUT2D eigenvalue weighted by atomic mass is 32.2. The average molecular weight is 419 g/mol. The fraction of sp³-hybridized carbons (Fsp3) is 0.455. The van der Waals surface area contributed by atoms with Crippen LogP contribution in [0, 0.1) is 13.8 Å². The average Bonchev–Trinajstić information content (AvgIpc) is 2.71. The first-order valence-corrected chi connectivity index (χ1v) is 11.5. The molecule has 7 heteroatoms. The van der Waals surface area contributed by atoms with E-state index in [4.69, 9.17) is 4.74 Å². The zero-order valence-electron chi connectivity index (χ0n) is 17.7. The summed E-state index contributed by atoms with van der Waals surface area (Å²) in [4.78, 5) is 3.72. The third kappa shape index (κ3) is 5.36. The van der Waals surface area contributed by atoms with E-state index in [2.05, 4.69) is 33.9 Å². The van der Waals surface area contributed by atoms with Crippen molar-refractivity contribution in [3.63, 3.8) is 0 Å². The number of aryl methyl sites for hydroxylation is 2. The van der Waals surface area contributed by atoms with Gasteiger partial charge in [-0.05, 0) is 49.2 Å². The predicted octanol–water partition coefficient (Wildman–Crippen LogP) is 1.30. The number of anilines is 1. The number of sulfonamides is 1. The number of benzene rings is 2. The molecule has 0 spiro atoms. The SMILES string of the molecule is Cc1ccc(S(=O)(=O)NC[C@H](c2ccc(N(C)C)cc2)[NH+]2CCOCC2)cc1C. The van der Waals surface area contributed by atoms with E-state index in [0.29, 0.717) is 24.7 Å². The maximum Gasteiger partial charge on any atom is 0.240 e. The highest BCUT2D eigenvalue weighted by Gasteiger charge is 2.28. The van der Waals surface area contributed by atoms with E-state index in [1.807, 2.05) is 34.0 Å². The fourth-order valence-electron chi connectivity index (χ4n) is 3.64. The minimum Gasteiger partial charge on any atom is -0.378 e. The molecule has 29 heavy (non-hydrogen) atoms. The van der Waals surface area contributed by atoms with Crippen LogP contribution in [0.1, 0.15) is 22.7 Å². The standard InChI is InChI=1S/C22H31N3O3S/c1-17-5-10-21(15-18(17)2)29(26,27)23-16-22(25-11-13-28-14-12-25)19-6-8-20(9-7-19)24(3)4/h5-10,15,22-23H,11-14,16H2,1-4H3/p+1/t22-/m1/s1. The molecule has 1 atom stereocenters. The molecule has 2 N–H and O–H groups in total. The van der Waals surface area contributed by atoms with E-state index in [1.165, 1.54) is 4.90 Å². The third-order valence-corrected chi connectivity index (χ3v) is 7.13. The molecule has 1 heterocycles. The zero-order chi connectivity index (χ0) is 21.0. The molecule has 0 saturated carbocycles. The number of nitrogens with one attached hydrogen (secondary N) is 2. The summed E-state index contributed by atoms with van der Waals surface area (Å²) in [5.41, 5.74) is 4.32. The van der Waals surface area contributed by atoms with Gasteiger partial charge in [-0.2, -0.15) is 0 Å². The fourth-order valence-corrected chi connectivity index (χ4v) is 4.77. The van der Waals surface area contributed by atoms with Crippen LogP contribution in [-0.4, -0.2) is 55.4 Å². The number of morpholine rings is 1. The summed E-state index contributed by atoms with van der Waals surface area (Å²) in [6.45, 7) is 7.40. The Morgan fingerprint density at radius 3 is 2.28 bits per heavy atom. The number of nitrogens with zero attached hydrogens (tertiary/aromatic N) is 1. The van der Waals surface area contributed by atoms with Gasteiger partial charge in [-0.15, -0.1) is 0 Å². The maximum atomic E-state index is 12.9. The summed E-state index contributed by atoms with van der Waals surface area (Å²) in [6.07, 6.45) is 0. The molecule has 0 unspecified atom stereocenters. The molecule has 0 radical (unpaired) electrons. The van der Waals surface area contributed by atoms with Crippen molar-refractivity contribution in [2.75, 3.05) is 51.8 Å². The largest absolute Gasteiger partial charge is 0.378 e. The van der Waals surface area contributed by atoms with Crippen molar-refractivity contribution in [1.29, 1.82) is 0 Å². The molecular formula is C22H32N3O3S+. The Kier molecular flexibility index (Phi) is 6.95. The molecule has 0 aliphatic carbocycles. The summed E-state index contributed by atoms with van der Waals surface area (Å²) < 4.78 is 34.2. The number of quaternary nitrogens is 1. The second-order valence-corrected chi connectivity index (χ2v) is 9.67. The number of hydrogen-bond donors (Lipinski definition) is 2. The normalized spacial score (nSPS) is 16.6. The van der Waals surface area contributed by atoms with Gasteiger partial charge < -0.3 is 14.5 Å². The Morgan fingerprint density at radius 2 is 1.69 bits per heavy atom. The van der Waals surface area contributed by atoms with E-state index in [0.717, 1.165) is 35.5 Å². The van der Waals surface area contributed by atoms with E-state index >= 15 is 0 Å². The smallest absolute Gasteiger partial charge is 0.240 e. The highest BCUT2D eigenvalue weighted by molar-refractivity contribution is 7.89. The zero-order valence-corrected chi connectivity index (χ0v) is 18.6. The van der Waals surface area contributed by atoms with E-state index in [-0.39, 0.29) is 6.04 Å². The maximum absolute atomic E-state index is 12.9. The molecule has 6 nitrogen and oxygen atoms in total. The molecular weight excluding hydrogens is 386 g/mol. The highest BCUT2D eigenvalue weighted by Crippen LogP contribution is 2.18. The first kappa shape index (κ1) is 21.8. The van der Waals surface area contributed by atoms with Crippen LogP contribution in [0.25, 0.3) is 0 Å². The van der Waals surface area contributed by atoms with Crippen molar-refractivity contribution < 1.29 is 18.1 Å². The predicted molar refractivity (Wildman–Crippen MR) is 116 cm³/mol. The quantitative estimate of drug-likeness (QED) is 0.712. The second kappa shape index (κ2) is 9.26. The number of rotatable bonds is 7. The van der Waals surface area contributed by atoms with Crippen LogP contribution in [0.2, 0.25) is 0 Å². The van der Waals surface area contributed by atoms with Crippen LogP contribution in [0.3, 0.4) is 0 Å². The Hall–Kier alpha value is -1.93. The lowest BCUT2D eigenvalue weighted by molar-refractivity contribution is -0.937. The van der Waals surface area contributed by atoms with E-state index in [1.54, 1.807) is 12.1 Å². The van der Waals surface area contributed by atoms with Gasteiger partial charge in [0.05, 0.1) is 24.7 Å². The molecule has 1 aliphatic heterocycles. The molecule has 1 aliphatic rings. The van der Waals surface area contributed by atoms with Gasteiger partial charge in [0.2, 0.25) is 10.0 Å². The third-order valence-electron chi connectivity index (χ3n) is 5.71. The van der Waals surface area contributed by atoms with Crippen molar-refractivity contribution in [2.24, 2.45) is 0 Å². The number of hydrogen-bond acceptors (Lipinski definition) is 4. The lowest BCUT2D eigenvalue weighted by Gasteiger charge is -2.32. The van der Waals surface area contributed by atoms with Crippen molar-refractivity contribution >= 4 is 15.7 Å². The molecule has 2 aromatic rings. The molecule has 1 saturated heterocycles. The van der Waals surface area contributed by atoms with Crippen LogP contribution in [-0.2, 0) is 14.8 Å². The topological polar surface area (TPSA) is 63.1 Å². The molecule has 158 valence electrons. The first-order valence-electron chi connectivity index (χ1n) is 10.0. The summed E-state index contributed by atoms with van der Waals surface area (Å²) in [6, 6.07) is 13.7. The lowest BCUT2D eigenvalue weighted by Crippen LogP contribution is -3.15. The Morgan fingerprint density at radius 1 is 1.03 bits per heavy atom. The van der Waals surface area contributed by atoms with Crippen LogP contribution >= 0.6 is 0 Å². The molecule has 2 aromatic carbocycles. The van der Waals surface area contributed by atoms with E-state index < -0.39 is 10.0 Å². The minimum atomic E-state index is -3.57. The van der Waals surface area contributed by atoms with Gasteiger partial charge in [0, 0.05) is 25.3 Å².